The lowest BCUT2D eigenvalue weighted by Gasteiger charge is -2.04. The Morgan fingerprint density at radius 2 is 1.83 bits per heavy atom. The first-order valence-electron chi connectivity index (χ1n) is 5.31. The van der Waals surface area contributed by atoms with Crippen LogP contribution in [0.5, 0.6) is 0 Å². The van der Waals surface area contributed by atoms with Crippen LogP contribution in [0.3, 0.4) is 0 Å². The second-order valence-electron chi connectivity index (χ2n) is 3.90. The van der Waals surface area contributed by atoms with Crippen LogP contribution in [0.2, 0.25) is 5.02 Å². The van der Waals surface area contributed by atoms with Crippen molar-refractivity contribution in [3.8, 4) is 5.69 Å². The Morgan fingerprint density at radius 3 is 2.56 bits per heavy atom. The molecule has 0 aliphatic heterocycles. The van der Waals surface area contributed by atoms with Crippen LogP contribution >= 0.6 is 46.4 Å². The predicted octanol–water partition coefficient (Wildman–Crippen LogP) is 4.95. The van der Waals surface area contributed by atoms with Crippen LogP contribution in [0.1, 0.15) is 0 Å². The van der Waals surface area contributed by atoms with Gasteiger partial charge in [-0.1, -0.05) is 11.6 Å². The number of aromatic nitrogens is 2. The van der Waals surface area contributed by atoms with Crippen LogP contribution < -0.4 is 0 Å². The molecule has 90 valence electrons. The molecule has 3 aromatic rings. The van der Waals surface area contributed by atoms with Gasteiger partial charge in [-0.3, -0.25) is 4.57 Å². The number of hydrogen-bond acceptors (Lipinski definition) is 1. The molecule has 18 heavy (non-hydrogen) atoms. The van der Waals surface area contributed by atoms with Crippen molar-refractivity contribution in [3.05, 3.63) is 55.8 Å². The van der Waals surface area contributed by atoms with Crippen molar-refractivity contribution in [2.24, 2.45) is 0 Å². The van der Waals surface area contributed by atoms with E-state index in [0.29, 0.717) is 9.79 Å². The maximum Gasteiger partial charge on any atom is 0.182 e. The Hall–Kier alpha value is -0.850. The normalized spacial score (nSPS) is 11.0. The number of imidazole rings is 1. The van der Waals surface area contributed by atoms with E-state index in [1.807, 2.05) is 34.9 Å². The van der Waals surface area contributed by atoms with Crippen molar-refractivity contribution in [3.63, 3.8) is 0 Å². The van der Waals surface area contributed by atoms with Crippen LogP contribution in [0.4, 0.5) is 0 Å². The number of nitrogens with zero attached hydrogens (tertiary/aromatic N) is 1. The Kier molecular flexibility index (Phi) is 3.17. The third-order valence-electron chi connectivity index (χ3n) is 2.73. The number of fused-ring (bicyclic) bond motifs is 1. The third-order valence-corrected chi connectivity index (χ3v) is 3.97. The van der Waals surface area contributed by atoms with Crippen molar-refractivity contribution in [2.75, 3.05) is 0 Å². The standard InChI is InChI=1S/C13H8ClIN2S/c14-8-1-6-11-12(7-8)17(13(18)16-11)10-4-2-9(15)3-5-10/h1-7H,(H,16,18). The van der Waals surface area contributed by atoms with E-state index in [0.717, 1.165) is 16.7 Å². The number of rotatable bonds is 1. The second-order valence-corrected chi connectivity index (χ2v) is 5.97. The number of nitrogens with one attached hydrogen (secondary N) is 1. The SMILES string of the molecule is S=c1[nH]c2ccc(Cl)cc2n1-c1ccc(I)cc1. The Morgan fingerprint density at radius 1 is 1.11 bits per heavy atom. The van der Waals surface area contributed by atoms with E-state index in [1.165, 1.54) is 3.57 Å². The molecule has 0 saturated carbocycles. The highest BCUT2D eigenvalue weighted by Gasteiger charge is 2.06. The lowest BCUT2D eigenvalue weighted by molar-refractivity contribution is 1.06. The van der Waals surface area contributed by atoms with Crippen LogP contribution in [0.25, 0.3) is 16.7 Å². The van der Waals surface area contributed by atoms with Gasteiger partial charge < -0.3 is 4.98 Å². The summed E-state index contributed by atoms with van der Waals surface area (Å²) in [7, 11) is 0. The Balaban J connectivity index is 2.34. The summed E-state index contributed by atoms with van der Waals surface area (Å²) >= 11 is 13.7. The van der Waals surface area contributed by atoms with Crippen LogP contribution in [0, 0.1) is 8.34 Å². The van der Waals surface area contributed by atoms with Crippen LogP contribution in [0.15, 0.2) is 42.5 Å². The number of halogens is 2. The molecule has 1 aromatic heterocycles. The quantitative estimate of drug-likeness (QED) is 0.464. The fourth-order valence-corrected chi connectivity index (χ4v) is 2.76. The summed E-state index contributed by atoms with van der Waals surface area (Å²) in [5, 5.41) is 0.704. The van der Waals surface area contributed by atoms with E-state index in [1.54, 1.807) is 0 Å². The third kappa shape index (κ3) is 2.08. The molecule has 1 N–H and O–H groups in total. The van der Waals surface area contributed by atoms with Crippen molar-refractivity contribution < 1.29 is 0 Å². The maximum atomic E-state index is 6.05. The molecule has 3 rings (SSSR count). The lowest BCUT2D eigenvalue weighted by atomic mass is 10.3. The number of aromatic amines is 1. The smallest absolute Gasteiger partial charge is 0.182 e. The second kappa shape index (κ2) is 4.68. The maximum absolute atomic E-state index is 6.05. The van der Waals surface area contributed by atoms with Crippen LogP contribution in [-0.2, 0) is 0 Å². The molecule has 2 aromatic carbocycles. The molecule has 0 spiro atoms. The zero-order valence-electron chi connectivity index (χ0n) is 9.15. The lowest BCUT2D eigenvalue weighted by Crippen LogP contribution is -1.93. The molecule has 0 unspecified atom stereocenters. The van der Waals surface area contributed by atoms with E-state index >= 15 is 0 Å². The van der Waals surface area contributed by atoms with Crippen molar-refractivity contribution >= 4 is 57.4 Å². The predicted molar refractivity (Wildman–Crippen MR) is 86.2 cm³/mol. The summed E-state index contributed by atoms with van der Waals surface area (Å²) in [5.41, 5.74) is 3.02. The van der Waals surface area contributed by atoms with Crippen molar-refractivity contribution in [2.45, 2.75) is 0 Å². The van der Waals surface area contributed by atoms with Crippen molar-refractivity contribution in [1.29, 1.82) is 0 Å². The summed E-state index contributed by atoms with van der Waals surface area (Å²) in [5.74, 6) is 0. The van der Waals surface area contributed by atoms with Gasteiger partial charge in [0.25, 0.3) is 0 Å². The van der Waals surface area contributed by atoms with Gasteiger partial charge in [0.05, 0.1) is 11.0 Å². The Labute approximate surface area is 128 Å². The fourth-order valence-electron chi connectivity index (χ4n) is 1.92. The van der Waals surface area contributed by atoms with Gasteiger partial charge in [-0.25, -0.2) is 0 Å². The van der Waals surface area contributed by atoms with E-state index in [4.69, 9.17) is 23.8 Å². The van der Waals surface area contributed by atoms with E-state index < -0.39 is 0 Å². The molecule has 0 atom stereocenters. The molecular formula is C13H8ClIN2S. The first-order chi connectivity index (χ1) is 8.65. The Bertz CT molecular complexity index is 774. The fraction of sp³-hybridized carbons (Fsp3) is 0. The molecule has 0 saturated heterocycles. The number of benzene rings is 2. The average Bonchev–Trinajstić information content (AvgIpc) is 2.66. The highest BCUT2D eigenvalue weighted by atomic mass is 127. The monoisotopic (exact) mass is 386 g/mol. The van der Waals surface area contributed by atoms with Gasteiger partial charge >= 0.3 is 0 Å². The first-order valence-corrected chi connectivity index (χ1v) is 7.18. The highest BCUT2D eigenvalue weighted by Crippen LogP contribution is 2.23. The van der Waals surface area contributed by atoms with Gasteiger partial charge in [0, 0.05) is 14.3 Å². The summed E-state index contributed by atoms with van der Waals surface area (Å²) in [6, 6.07) is 13.9. The van der Waals surface area contributed by atoms with Crippen LogP contribution in [-0.4, -0.2) is 9.55 Å². The van der Waals surface area contributed by atoms with Gasteiger partial charge in [0.1, 0.15) is 0 Å². The van der Waals surface area contributed by atoms with Crippen molar-refractivity contribution in [1.82, 2.24) is 9.55 Å². The molecule has 0 aliphatic rings. The average molecular weight is 387 g/mol. The molecule has 5 heteroatoms. The number of H-pyrrole nitrogens is 1. The van der Waals surface area contributed by atoms with Gasteiger partial charge in [0.2, 0.25) is 0 Å². The summed E-state index contributed by atoms with van der Waals surface area (Å²) in [6.07, 6.45) is 0. The minimum atomic E-state index is 0.675. The summed E-state index contributed by atoms with van der Waals surface area (Å²) in [6.45, 7) is 0. The largest absolute Gasteiger partial charge is 0.330 e. The van der Waals surface area contributed by atoms with Gasteiger partial charge in [0.15, 0.2) is 4.77 Å². The molecule has 2 nitrogen and oxygen atoms in total. The minimum Gasteiger partial charge on any atom is -0.330 e. The number of hydrogen-bond donors (Lipinski definition) is 1. The molecule has 1 heterocycles. The molecular weight excluding hydrogens is 379 g/mol. The highest BCUT2D eigenvalue weighted by molar-refractivity contribution is 14.1. The van der Waals surface area contributed by atoms with E-state index in [2.05, 4.69) is 39.7 Å². The molecule has 0 bridgehead atoms. The molecule has 0 aliphatic carbocycles. The summed E-state index contributed by atoms with van der Waals surface area (Å²) < 4.78 is 3.86. The van der Waals surface area contributed by atoms with Gasteiger partial charge in [-0.2, -0.15) is 0 Å². The topological polar surface area (TPSA) is 20.7 Å². The van der Waals surface area contributed by atoms with Gasteiger partial charge in [-0.15, -0.1) is 0 Å². The molecule has 0 radical (unpaired) electrons. The molecule has 0 fully saturated rings. The van der Waals surface area contributed by atoms with E-state index in [9.17, 15) is 0 Å². The minimum absolute atomic E-state index is 0.675. The van der Waals surface area contributed by atoms with E-state index in [-0.39, 0.29) is 0 Å². The zero-order valence-corrected chi connectivity index (χ0v) is 12.9. The zero-order chi connectivity index (χ0) is 12.7. The van der Waals surface area contributed by atoms with Gasteiger partial charge in [-0.05, 0) is 77.3 Å². The first kappa shape index (κ1) is 12.2. The molecule has 0 amide bonds. The summed E-state index contributed by atoms with van der Waals surface area (Å²) in [4.78, 5) is 3.18.